The molecule has 1 N–H and O–H groups in total. The molecule has 1 heterocycles. The van der Waals surface area contributed by atoms with Crippen molar-refractivity contribution in [2.24, 2.45) is 0 Å². The molecular weight excluding hydrogens is 314 g/mol. The SMILES string of the molecule is O=S1(=O)CCCC(NC2CC2)c2cc(Br)ccc21. The summed E-state index contributed by atoms with van der Waals surface area (Å²) in [5.74, 6) is 0.268. The lowest BCUT2D eigenvalue weighted by Crippen LogP contribution is -2.23. The minimum absolute atomic E-state index is 0.183. The van der Waals surface area contributed by atoms with E-state index in [9.17, 15) is 8.42 Å². The first-order valence-electron chi connectivity index (χ1n) is 6.34. The molecule has 0 spiro atoms. The Morgan fingerprint density at radius 3 is 2.72 bits per heavy atom. The average molecular weight is 330 g/mol. The molecule has 0 aromatic heterocycles. The molecule has 0 bridgehead atoms. The van der Waals surface area contributed by atoms with Crippen LogP contribution in [0.3, 0.4) is 0 Å². The van der Waals surface area contributed by atoms with E-state index >= 15 is 0 Å². The van der Waals surface area contributed by atoms with Crippen LogP contribution >= 0.6 is 15.9 Å². The van der Waals surface area contributed by atoms with E-state index in [1.54, 1.807) is 6.07 Å². The minimum atomic E-state index is -3.10. The van der Waals surface area contributed by atoms with Gasteiger partial charge < -0.3 is 5.32 Å². The molecule has 1 aliphatic heterocycles. The quantitative estimate of drug-likeness (QED) is 0.907. The van der Waals surface area contributed by atoms with Gasteiger partial charge in [0.15, 0.2) is 9.84 Å². The van der Waals surface area contributed by atoms with Crippen LogP contribution in [0, 0.1) is 0 Å². The average Bonchev–Trinajstić information content (AvgIpc) is 3.10. The topological polar surface area (TPSA) is 46.2 Å². The van der Waals surface area contributed by atoms with Gasteiger partial charge >= 0.3 is 0 Å². The number of benzene rings is 1. The number of fused-ring (bicyclic) bond motifs is 1. The van der Waals surface area contributed by atoms with E-state index in [0.29, 0.717) is 10.9 Å². The summed E-state index contributed by atoms with van der Waals surface area (Å²) in [7, 11) is -3.10. The van der Waals surface area contributed by atoms with Crippen LogP contribution in [0.2, 0.25) is 0 Å². The lowest BCUT2D eigenvalue weighted by atomic mass is 10.0. The van der Waals surface area contributed by atoms with E-state index in [0.717, 1.165) is 22.9 Å². The highest BCUT2D eigenvalue weighted by Crippen LogP contribution is 2.35. The van der Waals surface area contributed by atoms with E-state index in [1.165, 1.54) is 12.8 Å². The van der Waals surface area contributed by atoms with Gasteiger partial charge in [0.2, 0.25) is 0 Å². The van der Waals surface area contributed by atoms with Gasteiger partial charge in [-0.05, 0) is 49.4 Å². The number of hydrogen-bond donors (Lipinski definition) is 1. The summed E-state index contributed by atoms with van der Waals surface area (Å²) >= 11 is 3.44. The molecule has 1 aromatic rings. The first-order chi connectivity index (χ1) is 8.56. The van der Waals surface area contributed by atoms with Gasteiger partial charge in [0.05, 0.1) is 10.6 Å². The third-order valence-electron chi connectivity index (χ3n) is 3.60. The van der Waals surface area contributed by atoms with Crippen LogP contribution in [0.25, 0.3) is 0 Å². The fraction of sp³-hybridized carbons (Fsp3) is 0.538. The van der Waals surface area contributed by atoms with Crippen LogP contribution < -0.4 is 5.32 Å². The molecule has 98 valence electrons. The fourth-order valence-electron chi connectivity index (χ4n) is 2.53. The second-order valence-electron chi connectivity index (χ2n) is 5.14. The Kier molecular flexibility index (Phi) is 3.24. The van der Waals surface area contributed by atoms with Crippen molar-refractivity contribution in [2.75, 3.05) is 5.75 Å². The molecule has 1 aromatic carbocycles. The number of sulfone groups is 1. The van der Waals surface area contributed by atoms with E-state index in [-0.39, 0.29) is 11.8 Å². The van der Waals surface area contributed by atoms with Crippen molar-refractivity contribution in [3.05, 3.63) is 28.2 Å². The number of rotatable bonds is 2. The molecule has 18 heavy (non-hydrogen) atoms. The summed E-state index contributed by atoms with van der Waals surface area (Å²) in [4.78, 5) is 0.515. The maximum absolute atomic E-state index is 12.2. The molecule has 1 atom stereocenters. The van der Waals surface area contributed by atoms with Crippen LogP contribution in [0.5, 0.6) is 0 Å². The van der Waals surface area contributed by atoms with Crippen molar-refractivity contribution in [1.29, 1.82) is 0 Å². The Bertz CT molecular complexity index is 566. The van der Waals surface area contributed by atoms with Crippen LogP contribution in [-0.2, 0) is 9.84 Å². The predicted octanol–water partition coefficient (Wildman–Crippen LogP) is 2.81. The molecule has 0 radical (unpaired) electrons. The highest BCUT2D eigenvalue weighted by Gasteiger charge is 2.31. The molecule has 3 nitrogen and oxygen atoms in total. The molecule has 1 fully saturated rings. The Labute approximate surface area is 116 Å². The van der Waals surface area contributed by atoms with Crippen LogP contribution in [-0.4, -0.2) is 20.2 Å². The van der Waals surface area contributed by atoms with E-state index < -0.39 is 9.84 Å². The monoisotopic (exact) mass is 329 g/mol. The zero-order chi connectivity index (χ0) is 12.8. The Hall–Kier alpha value is -0.390. The molecular formula is C13H16BrNO2S. The lowest BCUT2D eigenvalue weighted by Gasteiger charge is -2.18. The summed E-state index contributed by atoms with van der Waals surface area (Å²) in [5.41, 5.74) is 0.939. The van der Waals surface area contributed by atoms with Crippen LogP contribution in [0.4, 0.5) is 0 Å². The highest BCUT2D eigenvalue weighted by molar-refractivity contribution is 9.10. The standard InChI is InChI=1S/C13H16BrNO2S/c14-9-3-6-13-11(8-9)12(15-10-4-5-10)2-1-7-18(13,16)17/h3,6,8,10,12,15H,1-2,4-5,7H2. The minimum Gasteiger partial charge on any atom is -0.307 e. The maximum Gasteiger partial charge on any atom is 0.178 e. The second-order valence-corrected chi connectivity index (χ2v) is 8.13. The maximum atomic E-state index is 12.2. The second kappa shape index (κ2) is 4.62. The van der Waals surface area contributed by atoms with Gasteiger partial charge in [0, 0.05) is 16.6 Å². The lowest BCUT2D eigenvalue weighted by molar-refractivity contribution is 0.490. The molecule has 1 unspecified atom stereocenters. The summed E-state index contributed by atoms with van der Waals surface area (Å²) in [6.45, 7) is 0. The molecule has 5 heteroatoms. The van der Waals surface area contributed by atoms with Gasteiger partial charge in [0.25, 0.3) is 0 Å². The van der Waals surface area contributed by atoms with E-state index in [1.807, 2.05) is 12.1 Å². The van der Waals surface area contributed by atoms with E-state index in [4.69, 9.17) is 0 Å². The predicted molar refractivity (Wildman–Crippen MR) is 74.3 cm³/mol. The Morgan fingerprint density at radius 1 is 1.22 bits per heavy atom. The summed E-state index contributed by atoms with van der Waals surface area (Å²) in [6, 6.07) is 6.28. The summed E-state index contributed by atoms with van der Waals surface area (Å²) in [5, 5.41) is 3.57. The van der Waals surface area contributed by atoms with Crippen LogP contribution in [0.1, 0.15) is 37.3 Å². The molecule has 3 rings (SSSR count). The summed E-state index contributed by atoms with van der Waals surface area (Å²) < 4.78 is 25.4. The Morgan fingerprint density at radius 2 is 2.00 bits per heavy atom. The number of nitrogens with one attached hydrogen (secondary N) is 1. The Balaban J connectivity index is 2.06. The smallest absolute Gasteiger partial charge is 0.178 e. The zero-order valence-corrected chi connectivity index (χ0v) is 12.4. The third kappa shape index (κ3) is 2.49. The molecule has 0 amide bonds. The van der Waals surface area contributed by atoms with Crippen LogP contribution in [0.15, 0.2) is 27.6 Å². The zero-order valence-electron chi connectivity index (χ0n) is 10.0. The first-order valence-corrected chi connectivity index (χ1v) is 8.79. The third-order valence-corrected chi connectivity index (χ3v) is 5.96. The van der Waals surface area contributed by atoms with Gasteiger partial charge in [-0.25, -0.2) is 8.42 Å². The van der Waals surface area contributed by atoms with Crippen molar-refractivity contribution in [3.8, 4) is 0 Å². The number of hydrogen-bond acceptors (Lipinski definition) is 3. The van der Waals surface area contributed by atoms with Crippen molar-refractivity contribution in [3.63, 3.8) is 0 Å². The van der Waals surface area contributed by atoms with Crippen molar-refractivity contribution in [2.45, 2.75) is 42.7 Å². The molecule has 1 aliphatic carbocycles. The van der Waals surface area contributed by atoms with Gasteiger partial charge in [-0.3, -0.25) is 0 Å². The largest absolute Gasteiger partial charge is 0.307 e. The number of halogens is 1. The normalized spacial score (nSPS) is 26.4. The highest BCUT2D eigenvalue weighted by atomic mass is 79.9. The van der Waals surface area contributed by atoms with Crippen molar-refractivity contribution >= 4 is 25.8 Å². The van der Waals surface area contributed by atoms with Crippen molar-refractivity contribution in [1.82, 2.24) is 5.32 Å². The summed E-state index contributed by atoms with van der Waals surface area (Å²) in [6.07, 6.45) is 4.07. The van der Waals surface area contributed by atoms with Crippen molar-refractivity contribution < 1.29 is 8.42 Å². The van der Waals surface area contributed by atoms with Gasteiger partial charge in [-0.15, -0.1) is 0 Å². The fourth-order valence-corrected chi connectivity index (χ4v) is 4.51. The molecule has 1 saturated carbocycles. The molecule has 2 aliphatic rings. The first kappa shape index (κ1) is 12.6. The van der Waals surface area contributed by atoms with Gasteiger partial charge in [-0.1, -0.05) is 15.9 Å². The molecule has 0 saturated heterocycles. The van der Waals surface area contributed by atoms with Gasteiger partial charge in [-0.2, -0.15) is 0 Å². The van der Waals surface area contributed by atoms with E-state index in [2.05, 4.69) is 21.2 Å². The van der Waals surface area contributed by atoms with Gasteiger partial charge in [0.1, 0.15) is 0 Å².